The number of aromatic amines is 1. The third-order valence-electron chi connectivity index (χ3n) is 3.94. The van der Waals surface area contributed by atoms with Crippen LogP contribution in [0.25, 0.3) is 0 Å². The van der Waals surface area contributed by atoms with Crippen molar-refractivity contribution in [1.82, 2.24) is 14.9 Å². The Kier molecular flexibility index (Phi) is 4.27. The molecule has 3 rings (SSSR count). The number of aromatic nitrogens is 2. The van der Waals surface area contributed by atoms with Crippen LogP contribution in [-0.4, -0.2) is 34.6 Å². The Morgan fingerprint density at radius 1 is 1.36 bits per heavy atom. The zero-order valence-corrected chi connectivity index (χ0v) is 12.6. The summed E-state index contributed by atoms with van der Waals surface area (Å²) in [6.45, 7) is 0.743. The van der Waals surface area contributed by atoms with Gasteiger partial charge in [0, 0.05) is 24.6 Å². The van der Waals surface area contributed by atoms with Crippen molar-refractivity contribution in [2.75, 3.05) is 19.0 Å². The highest BCUT2D eigenvalue weighted by Gasteiger charge is 2.29. The van der Waals surface area contributed by atoms with Gasteiger partial charge in [0.15, 0.2) is 0 Å². The van der Waals surface area contributed by atoms with Gasteiger partial charge in [0.25, 0.3) is 0 Å². The number of carbonyl (C=O) groups is 1. The fraction of sp³-hybridized carbons (Fsp3) is 0.375. The second-order valence-corrected chi connectivity index (χ2v) is 5.34. The minimum atomic E-state index is -0.0914. The molecule has 6 nitrogen and oxygen atoms in total. The molecule has 0 bridgehead atoms. The number of nitrogens with zero attached hydrogens (tertiary/aromatic N) is 2. The first-order valence-electron chi connectivity index (χ1n) is 7.49. The van der Waals surface area contributed by atoms with Crippen LogP contribution in [0.1, 0.15) is 31.1 Å². The molecule has 1 atom stereocenters. The number of hydrogen-bond donors (Lipinski definition) is 2. The Morgan fingerprint density at radius 3 is 2.86 bits per heavy atom. The first-order valence-corrected chi connectivity index (χ1v) is 7.49. The van der Waals surface area contributed by atoms with E-state index >= 15 is 0 Å². The maximum atomic E-state index is 12.6. The van der Waals surface area contributed by atoms with Crippen molar-refractivity contribution >= 4 is 11.7 Å². The van der Waals surface area contributed by atoms with Gasteiger partial charge in [0.05, 0.1) is 13.2 Å². The second kappa shape index (κ2) is 6.51. The van der Waals surface area contributed by atoms with Crippen LogP contribution >= 0.6 is 0 Å². The maximum absolute atomic E-state index is 12.6. The molecule has 0 saturated carbocycles. The number of methoxy groups -OCH3 is 1. The van der Waals surface area contributed by atoms with E-state index in [2.05, 4.69) is 15.3 Å². The summed E-state index contributed by atoms with van der Waals surface area (Å²) in [6, 6.07) is 7.25. The summed E-state index contributed by atoms with van der Waals surface area (Å²) in [5.74, 6) is 1.62. The average Bonchev–Trinajstić information content (AvgIpc) is 3.10. The van der Waals surface area contributed by atoms with Gasteiger partial charge in [0.2, 0.25) is 0 Å². The molecule has 2 amide bonds. The van der Waals surface area contributed by atoms with Gasteiger partial charge in [-0.3, -0.25) is 0 Å². The smallest absolute Gasteiger partial charge is 0.322 e. The highest BCUT2D eigenvalue weighted by atomic mass is 16.5. The van der Waals surface area contributed by atoms with Gasteiger partial charge in [-0.15, -0.1) is 0 Å². The number of benzene rings is 1. The third-order valence-corrected chi connectivity index (χ3v) is 3.94. The van der Waals surface area contributed by atoms with Gasteiger partial charge in [-0.25, -0.2) is 9.78 Å². The van der Waals surface area contributed by atoms with Crippen LogP contribution in [0.2, 0.25) is 0 Å². The van der Waals surface area contributed by atoms with Crippen molar-refractivity contribution in [2.45, 2.75) is 25.3 Å². The lowest BCUT2D eigenvalue weighted by molar-refractivity contribution is 0.160. The summed E-state index contributed by atoms with van der Waals surface area (Å²) in [6.07, 6.45) is 6.58. The SMILES string of the molecule is COc1ccc(NC(=O)N2CCCC[C@@H]2c2ncc[nH]2)cc1. The number of amides is 2. The predicted molar refractivity (Wildman–Crippen MR) is 83.9 cm³/mol. The first kappa shape index (κ1) is 14.4. The molecule has 1 aliphatic rings. The van der Waals surface area contributed by atoms with Crippen LogP contribution in [0, 0.1) is 0 Å². The zero-order chi connectivity index (χ0) is 15.4. The van der Waals surface area contributed by atoms with E-state index in [9.17, 15) is 4.79 Å². The van der Waals surface area contributed by atoms with Crippen molar-refractivity contribution in [1.29, 1.82) is 0 Å². The molecular formula is C16H20N4O2. The van der Waals surface area contributed by atoms with Crippen molar-refractivity contribution in [3.8, 4) is 5.75 Å². The van der Waals surface area contributed by atoms with Gasteiger partial charge in [0.1, 0.15) is 11.6 Å². The zero-order valence-electron chi connectivity index (χ0n) is 12.6. The van der Waals surface area contributed by atoms with Crippen LogP contribution in [-0.2, 0) is 0 Å². The molecular weight excluding hydrogens is 280 g/mol. The standard InChI is InChI=1S/C16H20N4O2/c1-22-13-7-5-12(6-8-13)19-16(21)20-11-3-2-4-14(20)15-17-9-10-18-15/h5-10,14H,2-4,11H2,1H3,(H,17,18)(H,19,21)/t14-/m1/s1. The number of anilines is 1. The fourth-order valence-corrected chi connectivity index (χ4v) is 2.79. The number of piperidine rings is 1. The summed E-state index contributed by atoms with van der Waals surface area (Å²) in [5.41, 5.74) is 0.759. The number of imidazole rings is 1. The van der Waals surface area contributed by atoms with Crippen LogP contribution in [0.5, 0.6) is 5.75 Å². The average molecular weight is 300 g/mol. The monoisotopic (exact) mass is 300 g/mol. The number of nitrogens with one attached hydrogen (secondary N) is 2. The number of H-pyrrole nitrogens is 1. The molecule has 1 fully saturated rings. The largest absolute Gasteiger partial charge is 0.497 e. The number of rotatable bonds is 3. The molecule has 6 heteroatoms. The molecule has 0 spiro atoms. The highest BCUT2D eigenvalue weighted by molar-refractivity contribution is 5.89. The molecule has 0 unspecified atom stereocenters. The van der Waals surface area contributed by atoms with Crippen molar-refractivity contribution in [2.24, 2.45) is 0 Å². The van der Waals surface area contributed by atoms with Crippen LogP contribution in [0.3, 0.4) is 0 Å². The van der Waals surface area contributed by atoms with Crippen molar-refractivity contribution < 1.29 is 9.53 Å². The Hall–Kier alpha value is -2.50. The van der Waals surface area contributed by atoms with E-state index in [1.165, 1.54) is 0 Å². The summed E-state index contributed by atoms with van der Waals surface area (Å²) >= 11 is 0. The van der Waals surface area contributed by atoms with Crippen LogP contribution in [0.4, 0.5) is 10.5 Å². The summed E-state index contributed by atoms with van der Waals surface area (Å²) in [5, 5.41) is 2.94. The molecule has 1 saturated heterocycles. The maximum Gasteiger partial charge on any atom is 0.322 e. The summed E-state index contributed by atoms with van der Waals surface area (Å²) in [7, 11) is 1.62. The van der Waals surface area contributed by atoms with Crippen molar-refractivity contribution in [3.63, 3.8) is 0 Å². The third kappa shape index (κ3) is 3.05. The molecule has 2 aromatic rings. The van der Waals surface area contributed by atoms with E-state index < -0.39 is 0 Å². The quantitative estimate of drug-likeness (QED) is 0.914. The minimum absolute atomic E-state index is 0.0157. The van der Waals surface area contributed by atoms with Crippen LogP contribution in [0.15, 0.2) is 36.7 Å². The van der Waals surface area contributed by atoms with Crippen LogP contribution < -0.4 is 10.1 Å². The Bertz CT molecular complexity index is 610. The number of likely N-dealkylation sites (tertiary alicyclic amines) is 1. The number of ether oxygens (including phenoxy) is 1. The fourth-order valence-electron chi connectivity index (χ4n) is 2.79. The van der Waals surface area contributed by atoms with Gasteiger partial charge in [-0.2, -0.15) is 0 Å². The molecule has 1 aromatic carbocycles. The molecule has 0 aliphatic carbocycles. The number of hydrogen-bond acceptors (Lipinski definition) is 3. The molecule has 116 valence electrons. The normalized spacial score (nSPS) is 18.0. The number of carbonyl (C=O) groups excluding carboxylic acids is 1. The van der Waals surface area contributed by atoms with Gasteiger partial charge in [-0.1, -0.05) is 0 Å². The van der Waals surface area contributed by atoms with E-state index in [0.717, 1.165) is 43.1 Å². The Balaban J connectivity index is 1.71. The lowest BCUT2D eigenvalue weighted by Gasteiger charge is -2.34. The highest BCUT2D eigenvalue weighted by Crippen LogP contribution is 2.29. The molecule has 1 aliphatic heterocycles. The molecule has 2 heterocycles. The molecule has 1 aromatic heterocycles. The molecule has 0 radical (unpaired) electrons. The lowest BCUT2D eigenvalue weighted by atomic mass is 10.0. The summed E-state index contributed by atoms with van der Waals surface area (Å²) in [4.78, 5) is 21.9. The number of urea groups is 1. The molecule has 22 heavy (non-hydrogen) atoms. The van der Waals surface area contributed by atoms with Gasteiger partial charge >= 0.3 is 6.03 Å². The first-order chi connectivity index (χ1) is 10.8. The van der Waals surface area contributed by atoms with Gasteiger partial charge < -0.3 is 19.9 Å². The molecule has 2 N–H and O–H groups in total. The van der Waals surface area contributed by atoms with E-state index in [4.69, 9.17) is 4.74 Å². The second-order valence-electron chi connectivity index (χ2n) is 5.34. The summed E-state index contributed by atoms with van der Waals surface area (Å²) < 4.78 is 5.12. The van der Waals surface area contributed by atoms with E-state index in [1.807, 2.05) is 29.2 Å². The predicted octanol–water partition coefficient (Wildman–Crippen LogP) is 3.18. The van der Waals surface area contributed by atoms with Crippen molar-refractivity contribution in [3.05, 3.63) is 42.5 Å². The van der Waals surface area contributed by atoms with Gasteiger partial charge in [-0.05, 0) is 43.5 Å². The topological polar surface area (TPSA) is 70.2 Å². The van der Waals surface area contributed by atoms with E-state index in [-0.39, 0.29) is 12.1 Å². The Labute approximate surface area is 129 Å². The minimum Gasteiger partial charge on any atom is -0.497 e. The Morgan fingerprint density at radius 2 is 2.18 bits per heavy atom. The van der Waals surface area contributed by atoms with E-state index in [0.29, 0.717) is 0 Å². The van der Waals surface area contributed by atoms with E-state index in [1.54, 1.807) is 19.5 Å². The lowest BCUT2D eigenvalue weighted by Crippen LogP contribution is -2.41.